The van der Waals surface area contributed by atoms with Gasteiger partial charge in [0.1, 0.15) is 0 Å². The van der Waals surface area contributed by atoms with Gasteiger partial charge in [-0.3, -0.25) is 0 Å². The molecule has 110 valence electrons. The van der Waals surface area contributed by atoms with E-state index >= 15 is 0 Å². The first kappa shape index (κ1) is 15.2. The van der Waals surface area contributed by atoms with Crippen molar-refractivity contribution >= 4 is 17.1 Å². The number of unbranched alkanes of at least 4 members (excludes halogenated alkanes) is 3. The van der Waals surface area contributed by atoms with E-state index in [0.29, 0.717) is 0 Å². The molecule has 3 nitrogen and oxygen atoms in total. The molecule has 0 radical (unpaired) electrons. The summed E-state index contributed by atoms with van der Waals surface area (Å²) in [4.78, 5) is 0. The maximum Gasteiger partial charge on any atom is 0.0858 e. The molecule has 0 aliphatic heterocycles. The number of nitrogens with zero attached hydrogens (tertiary/aromatic N) is 2. The van der Waals surface area contributed by atoms with Gasteiger partial charge in [0.05, 0.1) is 11.4 Å². The zero-order valence-electron chi connectivity index (χ0n) is 12.6. The summed E-state index contributed by atoms with van der Waals surface area (Å²) >= 11 is 0. The number of rotatable bonds is 7. The van der Waals surface area contributed by atoms with E-state index in [1.54, 1.807) is 0 Å². The minimum Gasteiger partial charge on any atom is -0.399 e. The van der Waals surface area contributed by atoms with Crippen LogP contribution >= 0.6 is 0 Å². The molecule has 0 aromatic heterocycles. The SMILES string of the molecule is CCCCCCc1ccc(/N=N/c2ccc(N)cc2)cc1. The van der Waals surface area contributed by atoms with Crippen molar-refractivity contribution in [3.05, 3.63) is 54.1 Å². The van der Waals surface area contributed by atoms with Crippen LogP contribution < -0.4 is 5.73 Å². The number of nitrogen functional groups attached to an aromatic ring is 1. The predicted octanol–water partition coefficient (Wildman–Crippen LogP) is 5.81. The molecule has 0 saturated heterocycles. The Kier molecular flexibility index (Phi) is 5.95. The summed E-state index contributed by atoms with van der Waals surface area (Å²) in [5.41, 5.74) is 9.44. The van der Waals surface area contributed by atoms with E-state index in [1.165, 1.54) is 31.2 Å². The van der Waals surface area contributed by atoms with Crippen LogP contribution in [0.15, 0.2) is 58.8 Å². The Morgan fingerprint density at radius 3 is 1.90 bits per heavy atom. The van der Waals surface area contributed by atoms with Crippen molar-refractivity contribution in [1.29, 1.82) is 0 Å². The number of hydrogen-bond acceptors (Lipinski definition) is 3. The largest absolute Gasteiger partial charge is 0.399 e. The highest BCUT2D eigenvalue weighted by molar-refractivity contribution is 5.48. The molecule has 0 unspecified atom stereocenters. The summed E-state index contributed by atoms with van der Waals surface area (Å²) in [5.74, 6) is 0. The van der Waals surface area contributed by atoms with E-state index in [-0.39, 0.29) is 0 Å². The first-order valence-electron chi connectivity index (χ1n) is 7.64. The number of benzene rings is 2. The fourth-order valence-corrected chi connectivity index (χ4v) is 2.14. The number of anilines is 1. The van der Waals surface area contributed by atoms with E-state index in [0.717, 1.165) is 23.5 Å². The van der Waals surface area contributed by atoms with Crippen LogP contribution in [-0.2, 0) is 6.42 Å². The quantitative estimate of drug-likeness (QED) is 0.389. The Balaban J connectivity index is 1.88. The molecule has 0 aliphatic carbocycles. The van der Waals surface area contributed by atoms with Gasteiger partial charge in [0.25, 0.3) is 0 Å². The molecule has 0 aliphatic rings. The van der Waals surface area contributed by atoms with Gasteiger partial charge in [-0.2, -0.15) is 10.2 Å². The molecule has 2 rings (SSSR count). The molecule has 0 atom stereocenters. The van der Waals surface area contributed by atoms with E-state index < -0.39 is 0 Å². The van der Waals surface area contributed by atoms with Gasteiger partial charge in [0.15, 0.2) is 0 Å². The van der Waals surface area contributed by atoms with Crippen LogP contribution in [0.5, 0.6) is 0 Å². The van der Waals surface area contributed by atoms with Gasteiger partial charge >= 0.3 is 0 Å². The summed E-state index contributed by atoms with van der Waals surface area (Å²) in [5, 5.41) is 8.44. The zero-order valence-corrected chi connectivity index (χ0v) is 12.6. The van der Waals surface area contributed by atoms with Crippen molar-refractivity contribution in [2.75, 3.05) is 5.73 Å². The molecular weight excluding hydrogens is 258 g/mol. The fourth-order valence-electron chi connectivity index (χ4n) is 2.14. The molecule has 0 heterocycles. The van der Waals surface area contributed by atoms with Crippen LogP contribution in [0.25, 0.3) is 0 Å². The van der Waals surface area contributed by atoms with Crippen molar-refractivity contribution in [2.24, 2.45) is 10.2 Å². The topological polar surface area (TPSA) is 50.7 Å². The van der Waals surface area contributed by atoms with Crippen LogP contribution in [0, 0.1) is 0 Å². The Bertz CT molecular complexity index is 556. The van der Waals surface area contributed by atoms with Crippen molar-refractivity contribution in [3.8, 4) is 0 Å². The van der Waals surface area contributed by atoms with Gasteiger partial charge in [-0.15, -0.1) is 0 Å². The molecule has 0 amide bonds. The lowest BCUT2D eigenvalue weighted by Gasteiger charge is -2.01. The summed E-state index contributed by atoms with van der Waals surface area (Å²) in [6.07, 6.45) is 6.34. The molecule has 2 aromatic carbocycles. The lowest BCUT2D eigenvalue weighted by Crippen LogP contribution is -1.84. The van der Waals surface area contributed by atoms with Gasteiger partial charge in [0, 0.05) is 5.69 Å². The molecule has 0 saturated carbocycles. The smallest absolute Gasteiger partial charge is 0.0858 e. The third-order valence-electron chi connectivity index (χ3n) is 3.43. The third-order valence-corrected chi connectivity index (χ3v) is 3.43. The zero-order chi connectivity index (χ0) is 14.9. The highest BCUT2D eigenvalue weighted by Crippen LogP contribution is 2.20. The highest BCUT2D eigenvalue weighted by atomic mass is 15.1. The van der Waals surface area contributed by atoms with Crippen molar-refractivity contribution in [2.45, 2.75) is 39.0 Å². The number of azo groups is 1. The van der Waals surface area contributed by atoms with Crippen molar-refractivity contribution in [1.82, 2.24) is 0 Å². The number of aryl methyl sites for hydroxylation is 1. The molecule has 21 heavy (non-hydrogen) atoms. The molecule has 0 spiro atoms. The van der Waals surface area contributed by atoms with Crippen LogP contribution in [0.3, 0.4) is 0 Å². The lowest BCUT2D eigenvalue weighted by molar-refractivity contribution is 0.667. The molecule has 0 bridgehead atoms. The van der Waals surface area contributed by atoms with E-state index in [1.807, 2.05) is 36.4 Å². The van der Waals surface area contributed by atoms with Crippen LogP contribution in [0.1, 0.15) is 38.2 Å². The molecule has 3 heteroatoms. The first-order chi connectivity index (χ1) is 10.3. The third kappa shape index (κ3) is 5.38. The summed E-state index contributed by atoms with van der Waals surface area (Å²) < 4.78 is 0. The Morgan fingerprint density at radius 2 is 1.33 bits per heavy atom. The average Bonchev–Trinajstić information content (AvgIpc) is 2.52. The Morgan fingerprint density at radius 1 is 0.762 bits per heavy atom. The van der Waals surface area contributed by atoms with E-state index in [4.69, 9.17) is 5.73 Å². The van der Waals surface area contributed by atoms with Gasteiger partial charge in [-0.05, 0) is 54.8 Å². The average molecular weight is 281 g/mol. The van der Waals surface area contributed by atoms with Gasteiger partial charge in [-0.1, -0.05) is 38.3 Å². The monoisotopic (exact) mass is 281 g/mol. The minimum atomic E-state index is 0.737. The highest BCUT2D eigenvalue weighted by Gasteiger charge is 1.95. The molecular formula is C18H23N3. The summed E-state index contributed by atoms with van der Waals surface area (Å²) in [7, 11) is 0. The predicted molar refractivity (Wildman–Crippen MR) is 89.3 cm³/mol. The van der Waals surface area contributed by atoms with Gasteiger partial charge in [0.2, 0.25) is 0 Å². The minimum absolute atomic E-state index is 0.737. The summed E-state index contributed by atoms with van der Waals surface area (Å²) in [6.45, 7) is 2.24. The van der Waals surface area contributed by atoms with E-state index in [2.05, 4.69) is 29.3 Å². The number of nitrogens with two attached hydrogens (primary N) is 1. The van der Waals surface area contributed by atoms with Crippen LogP contribution in [0.2, 0.25) is 0 Å². The number of hydrogen-bond donors (Lipinski definition) is 1. The maximum absolute atomic E-state index is 5.64. The molecule has 2 aromatic rings. The fraction of sp³-hybridized carbons (Fsp3) is 0.333. The van der Waals surface area contributed by atoms with Crippen LogP contribution in [0.4, 0.5) is 17.1 Å². The van der Waals surface area contributed by atoms with Gasteiger partial charge in [-0.25, -0.2) is 0 Å². The van der Waals surface area contributed by atoms with Crippen molar-refractivity contribution < 1.29 is 0 Å². The van der Waals surface area contributed by atoms with Gasteiger partial charge < -0.3 is 5.73 Å². The molecule has 0 fully saturated rings. The van der Waals surface area contributed by atoms with Crippen LogP contribution in [-0.4, -0.2) is 0 Å². The standard InChI is InChI=1S/C18H23N3/c1-2-3-4-5-6-15-7-11-17(12-8-15)20-21-18-13-9-16(19)10-14-18/h7-14H,2-6,19H2,1H3/b21-20+. The Hall–Kier alpha value is -2.16. The lowest BCUT2D eigenvalue weighted by atomic mass is 10.1. The second-order valence-electron chi connectivity index (χ2n) is 5.27. The summed E-state index contributed by atoms with van der Waals surface area (Å²) in [6, 6.07) is 15.7. The van der Waals surface area contributed by atoms with E-state index in [9.17, 15) is 0 Å². The second kappa shape index (κ2) is 8.20. The maximum atomic E-state index is 5.64. The molecule has 2 N–H and O–H groups in total. The second-order valence-corrected chi connectivity index (χ2v) is 5.27. The Labute approximate surface area is 126 Å². The first-order valence-corrected chi connectivity index (χ1v) is 7.64. The normalized spacial score (nSPS) is 11.1. The van der Waals surface area contributed by atoms with Crippen molar-refractivity contribution in [3.63, 3.8) is 0 Å².